The molecule has 1 aromatic rings. The molecule has 0 unspecified atom stereocenters. The molecule has 112 valence electrons. The lowest BCUT2D eigenvalue weighted by Gasteiger charge is -2.21. The van der Waals surface area contributed by atoms with Crippen molar-refractivity contribution >= 4 is 16.0 Å². The Balaban J connectivity index is 3.20. The normalized spacial score (nSPS) is 12.0. The van der Waals surface area contributed by atoms with Crippen molar-refractivity contribution in [3.8, 4) is 11.5 Å². The summed E-state index contributed by atoms with van der Waals surface area (Å²) in [5.74, 6) is -0.658. The number of sulfonamides is 1. The third-order valence-electron chi connectivity index (χ3n) is 2.59. The van der Waals surface area contributed by atoms with Crippen LogP contribution in [0.1, 0.15) is 13.8 Å². The minimum atomic E-state index is -3.99. The monoisotopic (exact) mass is 303 g/mol. The molecule has 20 heavy (non-hydrogen) atoms. The molecular formula is C12H17NO6S. The average Bonchev–Trinajstić information content (AvgIpc) is 2.36. The van der Waals surface area contributed by atoms with E-state index >= 15 is 0 Å². The lowest BCUT2D eigenvalue weighted by molar-refractivity contribution is -0.142. The molecule has 0 aliphatic rings. The Kier molecular flexibility index (Phi) is 4.61. The molecule has 8 heteroatoms. The molecule has 1 aromatic carbocycles. The van der Waals surface area contributed by atoms with Gasteiger partial charge in [0.1, 0.15) is 5.54 Å². The van der Waals surface area contributed by atoms with Gasteiger partial charge in [0.2, 0.25) is 10.0 Å². The summed E-state index contributed by atoms with van der Waals surface area (Å²) in [4.78, 5) is 10.9. The number of benzene rings is 1. The number of carboxylic acid groups (broad SMARTS) is 1. The number of ether oxygens (including phenoxy) is 2. The molecule has 7 nitrogen and oxygen atoms in total. The largest absolute Gasteiger partial charge is 0.493 e. The van der Waals surface area contributed by atoms with Crippen molar-refractivity contribution in [2.24, 2.45) is 0 Å². The fraction of sp³-hybridized carbons (Fsp3) is 0.417. The Morgan fingerprint density at radius 1 is 1.20 bits per heavy atom. The van der Waals surface area contributed by atoms with Crippen LogP contribution in [0.3, 0.4) is 0 Å². The first kappa shape index (κ1) is 16.3. The molecule has 0 radical (unpaired) electrons. The van der Waals surface area contributed by atoms with E-state index in [1.807, 2.05) is 0 Å². The molecule has 0 aromatic heterocycles. The lowest BCUT2D eigenvalue weighted by Crippen LogP contribution is -2.49. The predicted octanol–water partition coefficient (Wildman–Crippen LogP) is 0.845. The van der Waals surface area contributed by atoms with Gasteiger partial charge in [0, 0.05) is 6.07 Å². The number of rotatable bonds is 6. The number of aliphatic carboxylic acids is 1. The third-order valence-corrected chi connectivity index (χ3v) is 4.24. The van der Waals surface area contributed by atoms with Crippen molar-refractivity contribution in [3.63, 3.8) is 0 Å². The fourth-order valence-corrected chi connectivity index (χ4v) is 2.81. The standard InChI is InChI=1S/C12H17NO6S/c1-12(2,11(14)15)13-20(16,17)8-5-6-9(18-3)10(7-8)19-4/h5-7,13H,1-4H3,(H,14,15). The van der Waals surface area contributed by atoms with Gasteiger partial charge < -0.3 is 14.6 Å². The van der Waals surface area contributed by atoms with Crippen molar-refractivity contribution in [2.45, 2.75) is 24.3 Å². The van der Waals surface area contributed by atoms with Gasteiger partial charge in [-0.1, -0.05) is 0 Å². The van der Waals surface area contributed by atoms with Crippen LogP contribution in [0.15, 0.2) is 23.1 Å². The molecular weight excluding hydrogens is 286 g/mol. The van der Waals surface area contributed by atoms with E-state index in [1.54, 1.807) is 0 Å². The van der Waals surface area contributed by atoms with Crippen LogP contribution in [-0.4, -0.2) is 39.3 Å². The summed E-state index contributed by atoms with van der Waals surface area (Å²) in [5.41, 5.74) is -1.62. The number of carbonyl (C=O) groups is 1. The van der Waals surface area contributed by atoms with Gasteiger partial charge >= 0.3 is 5.97 Å². The maximum absolute atomic E-state index is 12.1. The van der Waals surface area contributed by atoms with Gasteiger partial charge in [-0.15, -0.1) is 0 Å². The van der Waals surface area contributed by atoms with Crippen LogP contribution in [0, 0.1) is 0 Å². The molecule has 0 aliphatic carbocycles. The lowest BCUT2D eigenvalue weighted by atomic mass is 10.1. The van der Waals surface area contributed by atoms with Crippen molar-refractivity contribution in [1.82, 2.24) is 4.72 Å². The molecule has 0 spiro atoms. The summed E-state index contributed by atoms with van der Waals surface area (Å²) in [7, 11) is -1.18. The van der Waals surface area contributed by atoms with E-state index in [4.69, 9.17) is 14.6 Å². The van der Waals surface area contributed by atoms with Crippen LogP contribution in [0.5, 0.6) is 11.5 Å². The molecule has 0 saturated carbocycles. The molecule has 0 amide bonds. The molecule has 0 saturated heterocycles. The van der Waals surface area contributed by atoms with E-state index in [1.165, 1.54) is 46.3 Å². The zero-order chi connectivity index (χ0) is 15.6. The first-order valence-electron chi connectivity index (χ1n) is 5.63. The average molecular weight is 303 g/mol. The summed E-state index contributed by atoms with van der Waals surface area (Å²) >= 11 is 0. The number of carboxylic acids is 1. The number of hydrogen-bond donors (Lipinski definition) is 2. The summed E-state index contributed by atoms with van der Waals surface area (Å²) in [6.45, 7) is 2.52. The SMILES string of the molecule is COc1ccc(S(=O)(=O)NC(C)(C)C(=O)O)cc1OC. The zero-order valence-electron chi connectivity index (χ0n) is 11.6. The Bertz CT molecular complexity index is 608. The first-order chi connectivity index (χ1) is 9.14. The Morgan fingerprint density at radius 2 is 1.75 bits per heavy atom. The van der Waals surface area contributed by atoms with Crippen molar-refractivity contribution < 1.29 is 27.8 Å². The second-order valence-corrected chi connectivity index (χ2v) is 6.23. The zero-order valence-corrected chi connectivity index (χ0v) is 12.4. The molecule has 0 atom stereocenters. The van der Waals surface area contributed by atoms with Gasteiger partial charge in [-0.2, -0.15) is 4.72 Å². The van der Waals surface area contributed by atoms with Crippen molar-refractivity contribution in [3.05, 3.63) is 18.2 Å². The van der Waals surface area contributed by atoms with Crippen molar-refractivity contribution in [2.75, 3.05) is 14.2 Å². The Morgan fingerprint density at radius 3 is 2.20 bits per heavy atom. The van der Waals surface area contributed by atoms with E-state index < -0.39 is 21.5 Å². The van der Waals surface area contributed by atoms with E-state index in [-0.39, 0.29) is 10.6 Å². The Hall–Kier alpha value is -1.80. The summed E-state index contributed by atoms with van der Waals surface area (Å²) < 4.78 is 36.4. The minimum absolute atomic E-state index is 0.107. The maximum Gasteiger partial charge on any atom is 0.324 e. The highest BCUT2D eigenvalue weighted by molar-refractivity contribution is 7.89. The second kappa shape index (κ2) is 5.68. The van der Waals surface area contributed by atoms with Crippen LogP contribution in [0.2, 0.25) is 0 Å². The third kappa shape index (κ3) is 3.40. The van der Waals surface area contributed by atoms with E-state index in [9.17, 15) is 13.2 Å². The molecule has 1 rings (SSSR count). The van der Waals surface area contributed by atoms with E-state index in [2.05, 4.69) is 4.72 Å². The predicted molar refractivity (Wildman–Crippen MR) is 71.6 cm³/mol. The minimum Gasteiger partial charge on any atom is -0.493 e. The van der Waals surface area contributed by atoms with Gasteiger partial charge in [0.05, 0.1) is 19.1 Å². The second-order valence-electron chi connectivity index (χ2n) is 4.55. The van der Waals surface area contributed by atoms with E-state index in [0.29, 0.717) is 5.75 Å². The highest BCUT2D eigenvalue weighted by Gasteiger charge is 2.33. The number of hydrogen-bond acceptors (Lipinski definition) is 5. The molecule has 2 N–H and O–H groups in total. The van der Waals surface area contributed by atoms with Crippen molar-refractivity contribution in [1.29, 1.82) is 0 Å². The summed E-state index contributed by atoms with van der Waals surface area (Å²) in [6.07, 6.45) is 0. The van der Waals surface area contributed by atoms with Crippen LogP contribution in [0.25, 0.3) is 0 Å². The first-order valence-corrected chi connectivity index (χ1v) is 7.12. The molecule has 0 fully saturated rings. The number of methoxy groups -OCH3 is 2. The van der Waals surface area contributed by atoms with E-state index in [0.717, 1.165) is 0 Å². The van der Waals surface area contributed by atoms with Gasteiger partial charge in [0.25, 0.3) is 0 Å². The fourth-order valence-electron chi connectivity index (χ4n) is 1.42. The van der Waals surface area contributed by atoms with Gasteiger partial charge in [-0.05, 0) is 26.0 Å². The van der Waals surface area contributed by atoms with Crippen LogP contribution < -0.4 is 14.2 Å². The smallest absolute Gasteiger partial charge is 0.324 e. The highest BCUT2D eigenvalue weighted by atomic mass is 32.2. The summed E-state index contributed by atoms with van der Waals surface area (Å²) in [5, 5.41) is 8.96. The van der Waals surface area contributed by atoms with Crippen LogP contribution in [0.4, 0.5) is 0 Å². The summed E-state index contributed by atoms with van der Waals surface area (Å²) in [6, 6.07) is 4.00. The van der Waals surface area contributed by atoms with Crippen LogP contribution in [-0.2, 0) is 14.8 Å². The van der Waals surface area contributed by atoms with Gasteiger partial charge in [-0.25, -0.2) is 8.42 Å². The topological polar surface area (TPSA) is 102 Å². The van der Waals surface area contributed by atoms with Gasteiger partial charge in [-0.3, -0.25) is 4.79 Å². The quantitative estimate of drug-likeness (QED) is 0.807. The molecule has 0 bridgehead atoms. The molecule has 0 heterocycles. The number of nitrogens with one attached hydrogen (secondary N) is 1. The molecule has 0 aliphatic heterocycles. The maximum atomic E-state index is 12.1. The highest BCUT2D eigenvalue weighted by Crippen LogP contribution is 2.29. The Labute approximate surface area is 117 Å². The van der Waals surface area contributed by atoms with Gasteiger partial charge in [0.15, 0.2) is 11.5 Å². The van der Waals surface area contributed by atoms with Crippen LogP contribution >= 0.6 is 0 Å².